The van der Waals surface area contributed by atoms with Crippen LogP contribution >= 0.6 is 0 Å². The van der Waals surface area contributed by atoms with Crippen molar-refractivity contribution in [2.75, 3.05) is 0 Å². The molecule has 5 nitrogen and oxygen atoms in total. The standard InChI is InChI=1S/C8H6FNO4/c1-5-2-3-6(4-7(5)9)8(11)14-10(12)13/h2-4H,1H3. The van der Waals surface area contributed by atoms with Gasteiger partial charge in [-0.25, -0.2) is 9.23 Å². The summed E-state index contributed by atoms with van der Waals surface area (Å²) in [4.78, 5) is 24.3. The average Bonchev–Trinajstić information content (AvgIpc) is 2.08. The van der Waals surface area contributed by atoms with Gasteiger partial charge in [0.25, 0.3) is 0 Å². The van der Waals surface area contributed by atoms with Gasteiger partial charge in [0.05, 0.1) is 0 Å². The maximum Gasteiger partial charge on any atom is 0.334 e. The number of nitrogens with zero attached hydrogens (tertiary/aromatic N) is 1. The van der Waals surface area contributed by atoms with Crippen LogP contribution in [0.25, 0.3) is 0 Å². The van der Waals surface area contributed by atoms with Gasteiger partial charge >= 0.3 is 11.1 Å². The lowest BCUT2D eigenvalue weighted by molar-refractivity contribution is -0.727. The molecule has 0 N–H and O–H groups in total. The fourth-order valence-electron chi connectivity index (χ4n) is 0.840. The van der Waals surface area contributed by atoms with Crippen molar-refractivity contribution in [2.24, 2.45) is 0 Å². The minimum Gasteiger partial charge on any atom is -0.263 e. The molecule has 0 aromatic heterocycles. The summed E-state index contributed by atoms with van der Waals surface area (Å²) in [5.41, 5.74) is 0.160. The first-order chi connectivity index (χ1) is 6.50. The first-order valence-electron chi connectivity index (χ1n) is 3.63. The predicted molar refractivity (Wildman–Crippen MR) is 43.5 cm³/mol. The van der Waals surface area contributed by atoms with Crippen LogP contribution in [0, 0.1) is 22.9 Å². The molecular weight excluding hydrogens is 193 g/mol. The lowest BCUT2D eigenvalue weighted by atomic mass is 10.1. The maximum atomic E-state index is 12.9. The maximum absolute atomic E-state index is 12.9. The van der Waals surface area contributed by atoms with Crippen LogP contribution in [-0.2, 0) is 4.84 Å². The molecule has 0 amide bonds. The van der Waals surface area contributed by atoms with Crippen LogP contribution in [-0.4, -0.2) is 11.1 Å². The number of aryl methyl sites for hydroxylation is 1. The number of hydrogen-bond acceptors (Lipinski definition) is 4. The highest BCUT2D eigenvalue weighted by molar-refractivity contribution is 5.88. The Labute approximate surface area is 78.2 Å². The zero-order valence-corrected chi connectivity index (χ0v) is 7.19. The van der Waals surface area contributed by atoms with Crippen LogP contribution < -0.4 is 0 Å². The highest BCUT2D eigenvalue weighted by Gasteiger charge is 2.11. The first kappa shape index (κ1) is 10.1. The topological polar surface area (TPSA) is 69.4 Å². The van der Waals surface area contributed by atoms with Gasteiger partial charge in [-0.05, 0) is 24.6 Å². The molecule has 0 bridgehead atoms. The van der Waals surface area contributed by atoms with Crippen molar-refractivity contribution in [3.63, 3.8) is 0 Å². The van der Waals surface area contributed by atoms with E-state index in [0.717, 1.165) is 6.07 Å². The second kappa shape index (κ2) is 3.82. The Morgan fingerprint density at radius 1 is 1.57 bits per heavy atom. The summed E-state index contributed by atoms with van der Waals surface area (Å²) in [5.74, 6) is -1.79. The SMILES string of the molecule is Cc1ccc(C(=O)O[N+](=O)[O-])cc1F. The third-order valence-electron chi connectivity index (χ3n) is 1.56. The second-order valence-corrected chi connectivity index (χ2v) is 2.57. The third kappa shape index (κ3) is 2.25. The number of carbonyl (C=O) groups excluding carboxylic acids is 1. The predicted octanol–water partition coefficient (Wildman–Crippen LogP) is 1.48. The first-order valence-corrected chi connectivity index (χ1v) is 3.63. The molecule has 74 valence electrons. The molecule has 0 saturated carbocycles. The molecule has 0 aliphatic carbocycles. The zero-order valence-electron chi connectivity index (χ0n) is 7.19. The molecule has 0 unspecified atom stereocenters. The minimum atomic E-state index is -1.24. The third-order valence-corrected chi connectivity index (χ3v) is 1.56. The van der Waals surface area contributed by atoms with Gasteiger partial charge in [0.15, 0.2) is 0 Å². The second-order valence-electron chi connectivity index (χ2n) is 2.57. The normalized spacial score (nSPS) is 9.57. The van der Waals surface area contributed by atoms with Crippen molar-refractivity contribution < 1.29 is 19.1 Å². The van der Waals surface area contributed by atoms with E-state index in [0.29, 0.717) is 5.56 Å². The summed E-state index contributed by atoms with van der Waals surface area (Å²) >= 11 is 0. The Balaban J connectivity index is 2.91. The summed E-state index contributed by atoms with van der Waals surface area (Å²) in [7, 11) is 0. The fourth-order valence-corrected chi connectivity index (χ4v) is 0.840. The molecule has 0 spiro atoms. The van der Waals surface area contributed by atoms with E-state index in [9.17, 15) is 19.3 Å². The van der Waals surface area contributed by atoms with Gasteiger partial charge < -0.3 is 0 Å². The summed E-state index contributed by atoms with van der Waals surface area (Å²) in [6, 6.07) is 3.48. The fraction of sp³-hybridized carbons (Fsp3) is 0.125. The van der Waals surface area contributed by atoms with Crippen LogP contribution in [0.5, 0.6) is 0 Å². The molecule has 0 fully saturated rings. The van der Waals surface area contributed by atoms with E-state index in [2.05, 4.69) is 4.84 Å². The number of benzene rings is 1. The molecule has 0 heterocycles. The smallest absolute Gasteiger partial charge is 0.263 e. The van der Waals surface area contributed by atoms with Crippen molar-refractivity contribution in [3.8, 4) is 0 Å². The van der Waals surface area contributed by atoms with E-state index < -0.39 is 16.9 Å². The molecule has 0 atom stereocenters. The summed E-state index contributed by atoms with van der Waals surface area (Å²) in [5, 5.41) is 8.57. The van der Waals surface area contributed by atoms with E-state index in [1.54, 1.807) is 0 Å². The summed E-state index contributed by atoms with van der Waals surface area (Å²) in [6.07, 6.45) is 0. The number of halogens is 1. The molecule has 6 heteroatoms. The monoisotopic (exact) mass is 199 g/mol. The van der Waals surface area contributed by atoms with Crippen LogP contribution in [0.4, 0.5) is 4.39 Å². The number of rotatable bonds is 2. The lowest BCUT2D eigenvalue weighted by Gasteiger charge is -1.99. The Kier molecular flexibility index (Phi) is 2.76. The van der Waals surface area contributed by atoms with Crippen molar-refractivity contribution in [2.45, 2.75) is 6.92 Å². The number of hydrogen-bond donors (Lipinski definition) is 0. The van der Waals surface area contributed by atoms with E-state index in [1.165, 1.54) is 19.1 Å². The Morgan fingerprint density at radius 2 is 2.21 bits per heavy atom. The van der Waals surface area contributed by atoms with Gasteiger partial charge in [0.1, 0.15) is 5.82 Å². The van der Waals surface area contributed by atoms with E-state index >= 15 is 0 Å². The van der Waals surface area contributed by atoms with Crippen LogP contribution in [0.3, 0.4) is 0 Å². The lowest BCUT2D eigenvalue weighted by Crippen LogP contribution is -2.10. The van der Waals surface area contributed by atoms with Gasteiger partial charge in [-0.2, -0.15) is 0 Å². The van der Waals surface area contributed by atoms with Crippen LogP contribution in [0.1, 0.15) is 15.9 Å². The molecule has 0 aliphatic heterocycles. The van der Waals surface area contributed by atoms with Crippen molar-refractivity contribution in [1.29, 1.82) is 0 Å². The minimum absolute atomic E-state index is 0.190. The van der Waals surface area contributed by atoms with Crippen molar-refractivity contribution >= 4 is 5.97 Å². The molecule has 1 rings (SSSR count). The summed E-state index contributed by atoms with van der Waals surface area (Å²) < 4.78 is 12.9. The molecular formula is C8H6FNO4. The average molecular weight is 199 g/mol. The Morgan fingerprint density at radius 3 is 2.71 bits per heavy atom. The van der Waals surface area contributed by atoms with Crippen molar-refractivity contribution in [1.82, 2.24) is 0 Å². The van der Waals surface area contributed by atoms with Crippen LogP contribution in [0.2, 0.25) is 0 Å². The highest BCUT2D eigenvalue weighted by atomic mass is 19.1. The van der Waals surface area contributed by atoms with Gasteiger partial charge in [0, 0.05) is 5.56 Å². The summed E-state index contributed by atoms with van der Waals surface area (Å²) in [6.45, 7) is 1.51. The molecule has 1 aromatic rings. The molecule has 0 saturated heterocycles. The molecule has 0 aliphatic rings. The van der Waals surface area contributed by atoms with Gasteiger partial charge in [0.2, 0.25) is 0 Å². The van der Waals surface area contributed by atoms with Gasteiger partial charge in [-0.15, -0.1) is 10.1 Å². The zero-order chi connectivity index (χ0) is 10.7. The Hall–Kier alpha value is -1.98. The van der Waals surface area contributed by atoms with Gasteiger partial charge in [-0.1, -0.05) is 6.07 Å². The Bertz CT molecular complexity index is 391. The quantitative estimate of drug-likeness (QED) is 0.534. The van der Waals surface area contributed by atoms with E-state index in [1.807, 2.05) is 0 Å². The number of carbonyl (C=O) groups is 1. The molecule has 0 radical (unpaired) electrons. The van der Waals surface area contributed by atoms with E-state index in [4.69, 9.17) is 0 Å². The van der Waals surface area contributed by atoms with E-state index in [-0.39, 0.29) is 5.56 Å². The highest BCUT2D eigenvalue weighted by Crippen LogP contribution is 2.10. The molecule has 14 heavy (non-hydrogen) atoms. The van der Waals surface area contributed by atoms with Gasteiger partial charge in [-0.3, -0.25) is 4.79 Å². The molecule has 1 aromatic carbocycles. The van der Waals surface area contributed by atoms with Crippen LogP contribution in [0.15, 0.2) is 18.2 Å². The van der Waals surface area contributed by atoms with Crippen molar-refractivity contribution in [3.05, 3.63) is 45.3 Å². The largest absolute Gasteiger partial charge is 0.334 e.